The number of halogens is 6. The van der Waals surface area contributed by atoms with Crippen molar-refractivity contribution in [3.63, 3.8) is 0 Å². The number of nitrogens with one attached hydrogen (secondary N) is 2. The van der Waals surface area contributed by atoms with Gasteiger partial charge in [-0.05, 0) is 12.1 Å². The van der Waals surface area contributed by atoms with E-state index in [2.05, 4.69) is 10.6 Å². The van der Waals surface area contributed by atoms with E-state index in [0.29, 0.717) is 5.02 Å². The number of benzene rings is 1. The highest BCUT2D eigenvalue weighted by molar-refractivity contribution is 6.68. The van der Waals surface area contributed by atoms with E-state index in [-0.39, 0.29) is 15.7 Å². The lowest BCUT2D eigenvalue weighted by molar-refractivity contribution is 0.214. The molecule has 1 rings (SSSR count). The van der Waals surface area contributed by atoms with Gasteiger partial charge < -0.3 is 15.5 Å². The second-order valence-corrected chi connectivity index (χ2v) is 7.83. The Balaban J connectivity index is 3.06. The van der Waals surface area contributed by atoms with Gasteiger partial charge in [0.15, 0.2) is 0 Å². The molecule has 0 aliphatic carbocycles. The van der Waals surface area contributed by atoms with Gasteiger partial charge >= 0.3 is 6.03 Å². The van der Waals surface area contributed by atoms with Crippen molar-refractivity contribution in [3.05, 3.63) is 27.2 Å². The molecule has 0 heterocycles. The van der Waals surface area contributed by atoms with E-state index in [0.717, 1.165) is 0 Å². The lowest BCUT2D eigenvalue weighted by Gasteiger charge is -2.29. The third-order valence-corrected chi connectivity index (χ3v) is 3.77. The molecule has 2 amide bonds. The highest BCUT2D eigenvalue weighted by Crippen LogP contribution is 2.37. The first-order valence-electron chi connectivity index (χ1n) is 5.48. The fourth-order valence-electron chi connectivity index (χ4n) is 1.28. The van der Waals surface area contributed by atoms with Crippen LogP contribution in [0.4, 0.5) is 10.5 Å². The molecule has 118 valence electrons. The molecule has 0 saturated carbocycles. The number of nitrogens with zero attached hydrogens (tertiary/aromatic N) is 1. The second kappa shape index (κ2) is 7.53. The topological polar surface area (TPSA) is 44.4 Å². The van der Waals surface area contributed by atoms with Crippen LogP contribution in [0.1, 0.15) is 0 Å². The molecule has 1 atom stereocenters. The van der Waals surface area contributed by atoms with Gasteiger partial charge in [0.25, 0.3) is 0 Å². The number of carbonyl (C=O) groups excluding carboxylic acids is 1. The molecule has 4 nitrogen and oxygen atoms in total. The Morgan fingerprint density at radius 3 is 2.00 bits per heavy atom. The Labute approximate surface area is 152 Å². The Hall–Kier alpha value is 0.0300. The van der Waals surface area contributed by atoms with Gasteiger partial charge in [-0.3, -0.25) is 0 Å². The lowest BCUT2D eigenvalue weighted by Crippen LogP contribution is -2.52. The summed E-state index contributed by atoms with van der Waals surface area (Å²) < 4.78 is -1.84. The van der Waals surface area contributed by atoms with Crippen LogP contribution in [-0.2, 0) is 0 Å². The number of rotatable bonds is 3. The predicted octanol–water partition coefficient (Wildman–Crippen LogP) is 5.03. The molecule has 0 aliphatic heterocycles. The van der Waals surface area contributed by atoms with Gasteiger partial charge in [0.2, 0.25) is 3.79 Å². The monoisotopic (exact) mass is 411 g/mol. The predicted molar refractivity (Wildman–Crippen MR) is 91.4 cm³/mol. The van der Waals surface area contributed by atoms with Crippen molar-refractivity contribution in [1.82, 2.24) is 10.2 Å². The molecule has 0 fully saturated rings. The number of amides is 2. The van der Waals surface area contributed by atoms with Crippen LogP contribution in [0.5, 0.6) is 0 Å². The zero-order valence-corrected chi connectivity index (χ0v) is 15.4. The largest absolute Gasteiger partial charge is 0.359 e. The van der Waals surface area contributed by atoms with Crippen molar-refractivity contribution >= 4 is 81.3 Å². The number of hydrogen-bond acceptors (Lipinski definition) is 2. The van der Waals surface area contributed by atoms with Crippen LogP contribution in [0.2, 0.25) is 15.1 Å². The summed E-state index contributed by atoms with van der Waals surface area (Å²) in [5.74, 6) is 0. The molecule has 0 aromatic heterocycles. The SMILES string of the molecule is CN(C)C(=O)NC(Nc1c(Cl)cc(Cl)cc1Cl)C(Cl)(Cl)Cl. The van der Waals surface area contributed by atoms with Crippen molar-refractivity contribution in [1.29, 1.82) is 0 Å². The first kappa shape index (κ1) is 19.1. The average molecular weight is 414 g/mol. The summed E-state index contributed by atoms with van der Waals surface area (Å²) in [6.45, 7) is 0. The van der Waals surface area contributed by atoms with Gasteiger partial charge in [-0.2, -0.15) is 0 Å². The normalized spacial score (nSPS) is 12.8. The lowest BCUT2D eigenvalue weighted by atomic mass is 10.3. The van der Waals surface area contributed by atoms with Gasteiger partial charge in [-0.15, -0.1) is 0 Å². The molecular weight excluding hydrogens is 403 g/mol. The van der Waals surface area contributed by atoms with E-state index in [1.807, 2.05) is 0 Å². The molecule has 0 aliphatic rings. The van der Waals surface area contributed by atoms with Gasteiger partial charge in [-0.1, -0.05) is 69.6 Å². The first-order valence-corrected chi connectivity index (χ1v) is 7.74. The minimum atomic E-state index is -1.84. The fourth-order valence-corrected chi connectivity index (χ4v) is 2.53. The summed E-state index contributed by atoms with van der Waals surface area (Å²) in [5.41, 5.74) is 0.290. The Bertz CT molecular complexity index is 508. The Morgan fingerprint density at radius 1 is 1.14 bits per heavy atom. The molecule has 0 radical (unpaired) electrons. The van der Waals surface area contributed by atoms with E-state index in [1.54, 1.807) is 14.1 Å². The molecule has 10 heteroatoms. The summed E-state index contributed by atoms with van der Waals surface area (Å²) in [7, 11) is 3.10. The molecule has 0 bridgehead atoms. The maximum Gasteiger partial charge on any atom is 0.318 e. The minimum Gasteiger partial charge on any atom is -0.359 e. The molecule has 1 aromatic rings. The molecule has 1 unspecified atom stereocenters. The molecule has 0 spiro atoms. The van der Waals surface area contributed by atoms with Crippen LogP contribution in [0, 0.1) is 0 Å². The molecule has 1 aromatic carbocycles. The van der Waals surface area contributed by atoms with Crippen molar-refractivity contribution in [3.8, 4) is 0 Å². The van der Waals surface area contributed by atoms with Gasteiger partial charge in [0.05, 0.1) is 15.7 Å². The van der Waals surface area contributed by atoms with Crippen LogP contribution >= 0.6 is 69.6 Å². The average Bonchev–Trinajstić information content (AvgIpc) is 2.30. The minimum absolute atomic E-state index is 0.228. The van der Waals surface area contributed by atoms with Crippen LogP contribution in [0.25, 0.3) is 0 Å². The van der Waals surface area contributed by atoms with Crippen LogP contribution in [0.3, 0.4) is 0 Å². The highest BCUT2D eigenvalue weighted by atomic mass is 35.6. The quantitative estimate of drug-likeness (QED) is 0.539. The Kier molecular flexibility index (Phi) is 6.84. The van der Waals surface area contributed by atoms with Crippen molar-refractivity contribution < 1.29 is 4.79 Å². The first-order chi connectivity index (χ1) is 9.52. The number of anilines is 1. The van der Waals surface area contributed by atoms with Crippen molar-refractivity contribution in [2.45, 2.75) is 9.96 Å². The van der Waals surface area contributed by atoms with Gasteiger partial charge in [0.1, 0.15) is 6.17 Å². The number of urea groups is 1. The zero-order chi connectivity index (χ0) is 16.4. The third kappa shape index (κ3) is 5.62. The summed E-state index contributed by atoms with van der Waals surface area (Å²) >= 11 is 35.5. The van der Waals surface area contributed by atoms with E-state index in [1.165, 1.54) is 17.0 Å². The highest BCUT2D eigenvalue weighted by Gasteiger charge is 2.35. The van der Waals surface area contributed by atoms with Gasteiger partial charge in [0, 0.05) is 19.1 Å². The zero-order valence-electron chi connectivity index (χ0n) is 10.9. The van der Waals surface area contributed by atoms with E-state index in [9.17, 15) is 4.79 Å². The fraction of sp³-hybridized carbons (Fsp3) is 0.364. The molecular formula is C11H11Cl6N3O. The summed E-state index contributed by atoms with van der Waals surface area (Å²) in [6, 6.07) is 2.49. The number of alkyl halides is 3. The Morgan fingerprint density at radius 2 is 1.62 bits per heavy atom. The summed E-state index contributed by atoms with van der Waals surface area (Å²) in [4.78, 5) is 13.0. The maximum absolute atomic E-state index is 11.7. The molecule has 2 N–H and O–H groups in total. The standard InChI is InChI=1S/C11H11Cl6N3O/c1-20(2)10(21)19-9(11(15,16)17)18-8-6(13)3-5(12)4-7(8)14/h3-4,9,18H,1-2H3,(H,19,21). The summed E-state index contributed by atoms with van der Waals surface area (Å²) in [6.07, 6.45) is -1.06. The maximum atomic E-state index is 11.7. The van der Waals surface area contributed by atoms with Gasteiger partial charge in [-0.25, -0.2) is 4.79 Å². The van der Waals surface area contributed by atoms with Crippen molar-refractivity contribution in [2.24, 2.45) is 0 Å². The summed E-state index contributed by atoms with van der Waals surface area (Å²) in [5, 5.41) is 6.11. The van der Waals surface area contributed by atoms with Crippen LogP contribution in [-0.4, -0.2) is 35.0 Å². The smallest absolute Gasteiger partial charge is 0.318 e. The van der Waals surface area contributed by atoms with Crippen LogP contribution < -0.4 is 10.6 Å². The molecule has 21 heavy (non-hydrogen) atoms. The third-order valence-electron chi connectivity index (χ3n) is 2.30. The number of carbonyl (C=O) groups is 1. The van der Waals surface area contributed by atoms with E-state index in [4.69, 9.17) is 69.6 Å². The second-order valence-electron chi connectivity index (χ2n) is 4.21. The van der Waals surface area contributed by atoms with Crippen LogP contribution in [0.15, 0.2) is 12.1 Å². The molecule has 0 saturated heterocycles. The number of hydrogen-bond donors (Lipinski definition) is 2. The van der Waals surface area contributed by atoms with E-state index >= 15 is 0 Å². The van der Waals surface area contributed by atoms with Crippen molar-refractivity contribution in [2.75, 3.05) is 19.4 Å². The van der Waals surface area contributed by atoms with E-state index < -0.39 is 16.0 Å².